The molecule has 3 nitrogen and oxygen atoms in total. The van der Waals surface area contributed by atoms with Crippen molar-refractivity contribution in [2.24, 2.45) is 0 Å². The quantitative estimate of drug-likeness (QED) is 0.752. The molecule has 1 fully saturated rings. The zero-order valence-electron chi connectivity index (χ0n) is 11.0. The third-order valence-electron chi connectivity index (χ3n) is 3.76. The molecule has 0 aromatic heterocycles. The summed E-state index contributed by atoms with van der Waals surface area (Å²) in [6.45, 7) is 11.7. The van der Waals surface area contributed by atoms with Gasteiger partial charge in [0.2, 0.25) is 0 Å². The number of hydrogen-bond acceptors (Lipinski definition) is 3. The van der Waals surface area contributed by atoms with E-state index in [0.717, 1.165) is 13.1 Å². The lowest BCUT2D eigenvalue weighted by atomic mass is 9.89. The molecule has 0 aromatic carbocycles. The second kappa shape index (κ2) is 5.28. The molecule has 0 spiro atoms. The summed E-state index contributed by atoms with van der Waals surface area (Å²) in [5, 5.41) is 3.42. The molecule has 1 heterocycles. The van der Waals surface area contributed by atoms with Crippen LogP contribution in [0.15, 0.2) is 0 Å². The van der Waals surface area contributed by atoms with E-state index in [1.807, 2.05) is 0 Å². The molecule has 1 aliphatic rings. The van der Waals surface area contributed by atoms with Gasteiger partial charge < -0.3 is 10.2 Å². The van der Waals surface area contributed by atoms with Crippen LogP contribution >= 0.6 is 0 Å². The molecule has 1 saturated heterocycles. The van der Waals surface area contributed by atoms with E-state index in [2.05, 4.69) is 50.0 Å². The minimum absolute atomic E-state index is 0.278. The highest BCUT2D eigenvalue weighted by Crippen LogP contribution is 2.24. The summed E-state index contributed by atoms with van der Waals surface area (Å²) in [7, 11) is 4.39. The van der Waals surface area contributed by atoms with E-state index in [4.69, 9.17) is 0 Å². The fourth-order valence-electron chi connectivity index (χ4n) is 2.95. The predicted molar refractivity (Wildman–Crippen MR) is 66.3 cm³/mol. The van der Waals surface area contributed by atoms with Crippen LogP contribution in [0.25, 0.3) is 0 Å². The van der Waals surface area contributed by atoms with Gasteiger partial charge in [-0.1, -0.05) is 6.92 Å². The van der Waals surface area contributed by atoms with Gasteiger partial charge in [-0.3, -0.25) is 4.90 Å². The van der Waals surface area contributed by atoms with Crippen LogP contribution in [0.4, 0.5) is 0 Å². The zero-order valence-corrected chi connectivity index (χ0v) is 11.0. The average Bonchev–Trinajstić information content (AvgIpc) is 2.19. The van der Waals surface area contributed by atoms with Gasteiger partial charge in [0.25, 0.3) is 0 Å². The molecule has 0 aliphatic carbocycles. The van der Waals surface area contributed by atoms with Crippen molar-refractivity contribution in [1.29, 1.82) is 0 Å². The predicted octanol–water partition coefficient (Wildman–Crippen LogP) is 1.01. The molecule has 1 N–H and O–H groups in total. The van der Waals surface area contributed by atoms with E-state index in [0.29, 0.717) is 6.04 Å². The summed E-state index contributed by atoms with van der Waals surface area (Å²) >= 11 is 0. The molecule has 1 rings (SSSR count). The third kappa shape index (κ3) is 2.92. The van der Waals surface area contributed by atoms with Gasteiger partial charge in [-0.2, -0.15) is 0 Å². The SMILES string of the molecule is CCC(N(C)C)C(C)(C)N1CCNCC1. The van der Waals surface area contributed by atoms with Gasteiger partial charge in [-0.15, -0.1) is 0 Å². The van der Waals surface area contributed by atoms with Crippen LogP contribution in [-0.4, -0.2) is 61.7 Å². The third-order valence-corrected chi connectivity index (χ3v) is 3.76. The van der Waals surface area contributed by atoms with Gasteiger partial charge in [0.05, 0.1) is 0 Å². The van der Waals surface area contributed by atoms with E-state index >= 15 is 0 Å². The van der Waals surface area contributed by atoms with Gasteiger partial charge in [0, 0.05) is 37.8 Å². The highest BCUT2D eigenvalue weighted by molar-refractivity contribution is 4.94. The van der Waals surface area contributed by atoms with Crippen LogP contribution in [0, 0.1) is 0 Å². The molecular formula is C12H27N3. The molecule has 1 aliphatic heterocycles. The van der Waals surface area contributed by atoms with E-state index < -0.39 is 0 Å². The highest BCUT2D eigenvalue weighted by Gasteiger charge is 2.35. The van der Waals surface area contributed by atoms with Gasteiger partial charge >= 0.3 is 0 Å². The van der Waals surface area contributed by atoms with Crippen molar-refractivity contribution in [2.45, 2.75) is 38.8 Å². The number of rotatable bonds is 4. The largest absolute Gasteiger partial charge is 0.314 e. The minimum Gasteiger partial charge on any atom is -0.314 e. The Morgan fingerprint density at radius 2 is 1.80 bits per heavy atom. The Kier molecular flexibility index (Phi) is 4.56. The monoisotopic (exact) mass is 213 g/mol. The van der Waals surface area contributed by atoms with Crippen molar-refractivity contribution in [3.8, 4) is 0 Å². The van der Waals surface area contributed by atoms with Crippen LogP contribution < -0.4 is 5.32 Å². The van der Waals surface area contributed by atoms with Crippen molar-refractivity contribution in [2.75, 3.05) is 40.3 Å². The number of nitrogens with one attached hydrogen (secondary N) is 1. The average molecular weight is 213 g/mol. The lowest BCUT2D eigenvalue weighted by Crippen LogP contribution is -2.61. The molecule has 0 bridgehead atoms. The Morgan fingerprint density at radius 3 is 2.20 bits per heavy atom. The summed E-state index contributed by atoms with van der Waals surface area (Å²) in [6, 6.07) is 0.635. The maximum Gasteiger partial charge on any atom is 0.0309 e. The Labute approximate surface area is 94.8 Å². The maximum absolute atomic E-state index is 3.42. The van der Waals surface area contributed by atoms with Crippen molar-refractivity contribution < 1.29 is 0 Å². The lowest BCUT2D eigenvalue weighted by molar-refractivity contribution is 0.0283. The van der Waals surface area contributed by atoms with Gasteiger partial charge in [0.1, 0.15) is 0 Å². The second-order valence-electron chi connectivity index (χ2n) is 5.28. The Morgan fingerprint density at radius 1 is 1.27 bits per heavy atom. The molecule has 90 valence electrons. The number of piperazine rings is 1. The first-order valence-corrected chi connectivity index (χ1v) is 6.12. The molecular weight excluding hydrogens is 186 g/mol. The first-order valence-electron chi connectivity index (χ1n) is 6.12. The van der Waals surface area contributed by atoms with Gasteiger partial charge in [0.15, 0.2) is 0 Å². The minimum atomic E-state index is 0.278. The molecule has 1 atom stereocenters. The molecule has 0 aromatic rings. The summed E-state index contributed by atoms with van der Waals surface area (Å²) in [5.41, 5.74) is 0.278. The van der Waals surface area contributed by atoms with Crippen LogP contribution in [0.1, 0.15) is 27.2 Å². The van der Waals surface area contributed by atoms with Gasteiger partial charge in [-0.05, 0) is 34.4 Å². The fourth-order valence-corrected chi connectivity index (χ4v) is 2.95. The molecule has 1 unspecified atom stereocenters. The van der Waals surface area contributed by atoms with E-state index in [9.17, 15) is 0 Å². The first kappa shape index (κ1) is 12.9. The zero-order chi connectivity index (χ0) is 11.5. The number of likely N-dealkylation sites (N-methyl/N-ethyl adjacent to an activating group) is 1. The van der Waals surface area contributed by atoms with Crippen molar-refractivity contribution >= 4 is 0 Å². The summed E-state index contributed by atoms with van der Waals surface area (Å²) in [6.07, 6.45) is 1.21. The molecule has 3 heteroatoms. The van der Waals surface area contributed by atoms with Gasteiger partial charge in [-0.25, -0.2) is 0 Å². The molecule has 0 amide bonds. The smallest absolute Gasteiger partial charge is 0.0309 e. The van der Waals surface area contributed by atoms with Crippen molar-refractivity contribution in [1.82, 2.24) is 15.1 Å². The molecule has 0 radical (unpaired) electrons. The van der Waals surface area contributed by atoms with Crippen LogP contribution in [0.5, 0.6) is 0 Å². The lowest BCUT2D eigenvalue weighted by Gasteiger charge is -2.48. The molecule has 15 heavy (non-hydrogen) atoms. The first-order chi connectivity index (χ1) is 7.00. The maximum atomic E-state index is 3.42. The van der Waals surface area contributed by atoms with E-state index in [1.165, 1.54) is 19.5 Å². The number of hydrogen-bond donors (Lipinski definition) is 1. The summed E-state index contributed by atoms with van der Waals surface area (Å²) in [5.74, 6) is 0. The van der Waals surface area contributed by atoms with E-state index in [1.54, 1.807) is 0 Å². The van der Waals surface area contributed by atoms with Crippen LogP contribution in [-0.2, 0) is 0 Å². The highest BCUT2D eigenvalue weighted by atomic mass is 15.3. The Balaban J connectivity index is 2.68. The van der Waals surface area contributed by atoms with E-state index in [-0.39, 0.29) is 5.54 Å². The topological polar surface area (TPSA) is 18.5 Å². The number of nitrogens with zero attached hydrogens (tertiary/aromatic N) is 2. The molecule has 0 saturated carbocycles. The summed E-state index contributed by atoms with van der Waals surface area (Å²) in [4.78, 5) is 4.99. The summed E-state index contributed by atoms with van der Waals surface area (Å²) < 4.78 is 0. The normalized spacial score (nSPS) is 22.0. The van der Waals surface area contributed by atoms with Crippen LogP contribution in [0.3, 0.4) is 0 Å². The van der Waals surface area contributed by atoms with Crippen LogP contribution in [0.2, 0.25) is 0 Å². The van der Waals surface area contributed by atoms with Crippen molar-refractivity contribution in [3.05, 3.63) is 0 Å². The fraction of sp³-hybridized carbons (Fsp3) is 1.00. The standard InChI is InChI=1S/C12H27N3/c1-6-11(14(4)5)12(2,3)15-9-7-13-8-10-15/h11,13H,6-10H2,1-5H3. The Hall–Kier alpha value is -0.120. The second-order valence-corrected chi connectivity index (χ2v) is 5.28. The Bertz CT molecular complexity index is 183. The van der Waals surface area contributed by atoms with Crippen molar-refractivity contribution in [3.63, 3.8) is 0 Å².